The summed E-state index contributed by atoms with van der Waals surface area (Å²) in [5.74, 6) is -0.251. The summed E-state index contributed by atoms with van der Waals surface area (Å²) in [6, 6.07) is 4.32. The van der Waals surface area contributed by atoms with Gasteiger partial charge in [-0.2, -0.15) is 0 Å². The van der Waals surface area contributed by atoms with E-state index < -0.39 is 5.82 Å². The van der Waals surface area contributed by atoms with Crippen LogP contribution in [0.1, 0.15) is 12.5 Å². The average Bonchev–Trinajstić information content (AvgIpc) is 2.49. The van der Waals surface area contributed by atoms with Crippen molar-refractivity contribution in [1.29, 1.82) is 0 Å². The number of carbonyl (C=O) groups excluding carboxylic acids is 1. The van der Waals surface area contributed by atoms with Gasteiger partial charge >= 0.3 is 6.09 Å². The van der Waals surface area contributed by atoms with Crippen molar-refractivity contribution >= 4 is 11.8 Å². The standard InChI is InChI=1S/C15H18FN3O3/c1-11(2)22-15(20)19-7-5-18(6-8-19)10-12-3-4-13(16)14(9-12)17-21/h3-4,9H,1,5-8,10H2,2H3. The maximum Gasteiger partial charge on any atom is 0.414 e. The molecule has 1 heterocycles. The van der Waals surface area contributed by atoms with Crippen LogP contribution in [0.25, 0.3) is 0 Å². The van der Waals surface area contributed by atoms with Crippen molar-refractivity contribution in [2.24, 2.45) is 5.18 Å². The zero-order valence-electron chi connectivity index (χ0n) is 12.4. The van der Waals surface area contributed by atoms with Gasteiger partial charge in [0, 0.05) is 32.7 Å². The first-order chi connectivity index (χ1) is 10.5. The molecule has 0 spiro atoms. The van der Waals surface area contributed by atoms with Gasteiger partial charge in [0.1, 0.15) is 5.69 Å². The molecule has 0 aliphatic carbocycles. The number of piperazine rings is 1. The van der Waals surface area contributed by atoms with Gasteiger partial charge in [0.2, 0.25) is 0 Å². The van der Waals surface area contributed by atoms with E-state index in [4.69, 9.17) is 4.74 Å². The summed E-state index contributed by atoms with van der Waals surface area (Å²) in [5.41, 5.74) is 0.634. The van der Waals surface area contributed by atoms with Crippen LogP contribution in [0.5, 0.6) is 0 Å². The summed E-state index contributed by atoms with van der Waals surface area (Å²) < 4.78 is 18.2. The van der Waals surface area contributed by atoms with Gasteiger partial charge in [-0.15, -0.1) is 4.91 Å². The zero-order chi connectivity index (χ0) is 16.1. The normalized spacial score (nSPS) is 15.5. The monoisotopic (exact) mass is 307 g/mol. The van der Waals surface area contributed by atoms with E-state index in [0.717, 1.165) is 5.56 Å². The number of allylic oxidation sites excluding steroid dienone is 1. The number of carbonyl (C=O) groups is 1. The lowest BCUT2D eigenvalue weighted by atomic mass is 10.1. The molecule has 0 unspecified atom stereocenters. The van der Waals surface area contributed by atoms with Crippen molar-refractivity contribution < 1.29 is 13.9 Å². The topological polar surface area (TPSA) is 62.2 Å². The molecule has 0 aromatic heterocycles. The van der Waals surface area contributed by atoms with Crippen molar-refractivity contribution in [3.63, 3.8) is 0 Å². The van der Waals surface area contributed by atoms with E-state index in [1.165, 1.54) is 12.1 Å². The van der Waals surface area contributed by atoms with Crippen molar-refractivity contribution in [3.8, 4) is 0 Å². The molecule has 1 aliphatic rings. The number of amides is 1. The molecule has 0 radical (unpaired) electrons. The summed E-state index contributed by atoms with van der Waals surface area (Å²) in [7, 11) is 0. The van der Waals surface area contributed by atoms with Crippen LogP contribution < -0.4 is 0 Å². The molecule has 1 aromatic rings. The molecule has 1 fully saturated rings. The van der Waals surface area contributed by atoms with Crippen molar-refractivity contribution in [3.05, 3.63) is 46.8 Å². The van der Waals surface area contributed by atoms with Gasteiger partial charge in [0.05, 0.1) is 5.76 Å². The first-order valence-corrected chi connectivity index (χ1v) is 6.96. The van der Waals surface area contributed by atoms with Gasteiger partial charge in [-0.25, -0.2) is 9.18 Å². The van der Waals surface area contributed by atoms with E-state index >= 15 is 0 Å². The molecule has 0 N–H and O–H groups in total. The number of benzene rings is 1. The van der Waals surface area contributed by atoms with Crippen LogP contribution in [0.3, 0.4) is 0 Å². The number of nitroso groups, excluding NO2 is 1. The maximum absolute atomic E-state index is 13.2. The third-order valence-corrected chi connectivity index (χ3v) is 3.41. The Morgan fingerprint density at radius 2 is 2.05 bits per heavy atom. The molecule has 0 bridgehead atoms. The summed E-state index contributed by atoms with van der Waals surface area (Å²) in [5, 5.41) is 2.67. The van der Waals surface area contributed by atoms with Crippen LogP contribution in [-0.4, -0.2) is 42.1 Å². The van der Waals surface area contributed by atoms with E-state index in [0.29, 0.717) is 38.5 Å². The third kappa shape index (κ3) is 4.11. The van der Waals surface area contributed by atoms with Gasteiger partial charge in [0.15, 0.2) is 5.82 Å². The van der Waals surface area contributed by atoms with Crippen molar-refractivity contribution in [1.82, 2.24) is 9.80 Å². The number of hydrogen-bond donors (Lipinski definition) is 0. The quantitative estimate of drug-likeness (QED) is 0.633. The molecule has 22 heavy (non-hydrogen) atoms. The van der Waals surface area contributed by atoms with Gasteiger partial charge in [0.25, 0.3) is 0 Å². The average molecular weight is 307 g/mol. The van der Waals surface area contributed by atoms with Gasteiger partial charge in [-0.3, -0.25) is 4.90 Å². The highest BCUT2D eigenvalue weighted by Gasteiger charge is 2.22. The Balaban J connectivity index is 1.88. The predicted molar refractivity (Wildman–Crippen MR) is 80.0 cm³/mol. The second-order valence-corrected chi connectivity index (χ2v) is 5.21. The minimum absolute atomic E-state index is 0.179. The molecule has 1 aromatic carbocycles. The fraction of sp³-hybridized carbons (Fsp3) is 0.400. The lowest BCUT2D eigenvalue weighted by Crippen LogP contribution is -2.48. The van der Waals surface area contributed by atoms with Crippen LogP contribution in [0, 0.1) is 10.7 Å². The molecular weight excluding hydrogens is 289 g/mol. The number of hydrogen-bond acceptors (Lipinski definition) is 5. The third-order valence-electron chi connectivity index (χ3n) is 3.41. The lowest BCUT2D eigenvalue weighted by molar-refractivity contribution is 0.0926. The van der Waals surface area contributed by atoms with E-state index in [1.807, 2.05) is 0 Å². The van der Waals surface area contributed by atoms with Crippen LogP contribution >= 0.6 is 0 Å². The Morgan fingerprint density at radius 3 is 2.64 bits per heavy atom. The zero-order valence-corrected chi connectivity index (χ0v) is 12.4. The van der Waals surface area contributed by atoms with Gasteiger partial charge in [-0.1, -0.05) is 12.6 Å². The minimum Gasteiger partial charge on any atom is -0.416 e. The van der Waals surface area contributed by atoms with Gasteiger partial charge < -0.3 is 9.64 Å². The Labute approximate surface area is 128 Å². The maximum atomic E-state index is 13.2. The first kappa shape index (κ1) is 16.1. The fourth-order valence-corrected chi connectivity index (χ4v) is 2.29. The molecule has 1 aliphatic heterocycles. The first-order valence-electron chi connectivity index (χ1n) is 6.96. The summed E-state index contributed by atoms with van der Waals surface area (Å²) in [6.45, 7) is 8.18. The molecule has 1 amide bonds. The molecule has 1 saturated heterocycles. The Kier molecular flexibility index (Phi) is 5.21. The van der Waals surface area contributed by atoms with E-state index in [2.05, 4.69) is 16.7 Å². The van der Waals surface area contributed by atoms with E-state index in [-0.39, 0.29) is 11.8 Å². The Morgan fingerprint density at radius 1 is 1.36 bits per heavy atom. The highest BCUT2D eigenvalue weighted by Crippen LogP contribution is 2.20. The van der Waals surface area contributed by atoms with Crippen molar-refractivity contribution in [2.75, 3.05) is 26.2 Å². The lowest BCUT2D eigenvalue weighted by Gasteiger charge is -2.34. The Hall–Kier alpha value is -2.28. The van der Waals surface area contributed by atoms with E-state index in [9.17, 15) is 14.1 Å². The van der Waals surface area contributed by atoms with E-state index in [1.54, 1.807) is 17.9 Å². The van der Waals surface area contributed by atoms with Gasteiger partial charge in [-0.05, 0) is 29.8 Å². The molecule has 0 atom stereocenters. The Bertz CT molecular complexity index is 583. The van der Waals surface area contributed by atoms with Crippen molar-refractivity contribution in [2.45, 2.75) is 13.5 Å². The van der Waals surface area contributed by atoms with Crippen LogP contribution in [0.4, 0.5) is 14.9 Å². The molecule has 2 rings (SSSR count). The van der Waals surface area contributed by atoms with Crippen LogP contribution in [0.15, 0.2) is 35.7 Å². The minimum atomic E-state index is -0.619. The largest absolute Gasteiger partial charge is 0.416 e. The number of rotatable bonds is 4. The van der Waals surface area contributed by atoms with Crippen LogP contribution in [0.2, 0.25) is 0 Å². The molecular formula is C15H18FN3O3. The molecule has 118 valence electrons. The summed E-state index contributed by atoms with van der Waals surface area (Å²) >= 11 is 0. The number of ether oxygens (including phenoxy) is 1. The SMILES string of the molecule is C=C(C)OC(=O)N1CCN(Cc2ccc(F)c(N=O)c2)CC1. The highest BCUT2D eigenvalue weighted by atomic mass is 19.1. The smallest absolute Gasteiger partial charge is 0.414 e. The predicted octanol–water partition coefficient (Wildman–Crippen LogP) is 3.01. The number of halogens is 1. The number of nitrogens with zero attached hydrogens (tertiary/aromatic N) is 3. The fourth-order valence-electron chi connectivity index (χ4n) is 2.29. The second-order valence-electron chi connectivity index (χ2n) is 5.21. The van der Waals surface area contributed by atoms with Crippen LogP contribution in [-0.2, 0) is 11.3 Å². The summed E-state index contributed by atoms with van der Waals surface area (Å²) in [4.78, 5) is 26.0. The highest BCUT2D eigenvalue weighted by molar-refractivity contribution is 5.68. The molecule has 0 saturated carbocycles. The molecule has 7 heteroatoms. The molecule has 6 nitrogen and oxygen atoms in total. The second kappa shape index (κ2) is 7.13. The summed E-state index contributed by atoms with van der Waals surface area (Å²) in [6.07, 6.45) is -0.388.